The van der Waals surface area contributed by atoms with Crippen LogP contribution in [0.4, 0.5) is 0 Å². The third kappa shape index (κ3) is 5320000. The van der Waals surface area contributed by atoms with Crippen molar-refractivity contribution >= 4 is 0 Å². The van der Waals surface area contributed by atoms with Crippen LogP contribution in [0, 0.1) is 71.0 Å². The van der Waals surface area contributed by atoms with Gasteiger partial charge in [-0.05, 0) is 0 Å². The van der Waals surface area contributed by atoms with Crippen LogP contribution >= 0.6 is 0 Å². The van der Waals surface area contributed by atoms with Crippen LogP contribution in [0.2, 0.25) is 0 Å². The van der Waals surface area contributed by atoms with E-state index in [0.29, 0.717) is 0 Å². The molecular formula is C6Mn2N6Na2. The van der Waals surface area contributed by atoms with Crippen LogP contribution in [0.1, 0.15) is 0 Å². The summed E-state index contributed by atoms with van der Waals surface area (Å²) in [5.41, 5.74) is 0. The average molecular weight is 312 g/mol. The summed E-state index contributed by atoms with van der Waals surface area (Å²) in [4.78, 5) is 0. The minimum absolute atomic E-state index is 0. The van der Waals surface area contributed by atoms with E-state index >= 15 is 0 Å². The van der Waals surface area contributed by atoms with Crippen LogP contribution in [0.3, 0.4) is 0 Å². The Morgan fingerprint density at radius 3 is 0.312 bits per heavy atom. The Labute approximate surface area is 162 Å². The molecule has 0 rings (SSSR count). The van der Waals surface area contributed by atoms with Crippen molar-refractivity contribution in [1.82, 2.24) is 0 Å². The molecule has 0 saturated carbocycles. The van der Waals surface area contributed by atoms with Crippen molar-refractivity contribution in [2.45, 2.75) is 0 Å². The van der Waals surface area contributed by atoms with Gasteiger partial charge in [0.15, 0.2) is 0 Å². The third-order valence-corrected chi connectivity index (χ3v) is 0. The SMILES string of the molecule is [C-]#N.[C-]#N.[C-]#N.[C-]#N.[C-]#N.[C-]#N.[Mn+2].[Mn+2].[Na+].[Na+]. The van der Waals surface area contributed by atoms with Crippen molar-refractivity contribution in [3.8, 4) is 0 Å². The van der Waals surface area contributed by atoms with Crippen LogP contribution in [-0.4, -0.2) is 0 Å². The molecule has 0 aromatic rings. The van der Waals surface area contributed by atoms with E-state index in [9.17, 15) is 0 Å². The summed E-state index contributed by atoms with van der Waals surface area (Å²) in [6.45, 7) is 28.5. The van der Waals surface area contributed by atoms with E-state index in [4.69, 9.17) is 71.0 Å². The summed E-state index contributed by atoms with van der Waals surface area (Å²) in [5, 5.41) is 37.5. The molecule has 0 aliphatic rings. The predicted molar refractivity (Wildman–Crippen MR) is 29.8 cm³/mol. The largest absolute Gasteiger partial charge is 2.00 e. The minimum Gasteiger partial charge on any atom is -0.512 e. The van der Waals surface area contributed by atoms with Crippen molar-refractivity contribution in [3.05, 3.63) is 39.4 Å². The molecule has 10 heteroatoms. The average Bonchev–Trinajstić information content (AvgIpc) is 2.33. The van der Waals surface area contributed by atoms with Crippen molar-refractivity contribution in [2.24, 2.45) is 0 Å². The molecule has 0 fully saturated rings. The first kappa shape index (κ1) is 100. The molecule has 0 amide bonds. The molecule has 70 valence electrons. The molecule has 16 heavy (non-hydrogen) atoms. The molecule has 0 aliphatic carbocycles. The molecule has 0 aromatic heterocycles. The topological polar surface area (TPSA) is 143 Å². The third-order valence-electron chi connectivity index (χ3n) is 0. The molecule has 0 heterocycles. The van der Waals surface area contributed by atoms with Crippen LogP contribution in [-0.2, 0) is 34.1 Å². The van der Waals surface area contributed by atoms with E-state index in [-0.39, 0.29) is 93.3 Å². The zero-order valence-corrected chi connectivity index (χ0v) is 14.8. The van der Waals surface area contributed by atoms with Gasteiger partial charge in [0.05, 0.1) is 0 Å². The normalized spacial score (nSPS) is 0.750. The summed E-state index contributed by atoms with van der Waals surface area (Å²) in [7, 11) is 0. The maximum atomic E-state index is 6.25. The first-order chi connectivity index (χ1) is 6.00. The Kier molecular flexibility index (Phi) is 41400000. The number of hydrogen-bond donors (Lipinski definition) is 0. The van der Waals surface area contributed by atoms with Gasteiger partial charge in [-0.15, -0.1) is 0 Å². The van der Waals surface area contributed by atoms with Crippen molar-refractivity contribution < 1.29 is 93.3 Å². The van der Waals surface area contributed by atoms with Gasteiger partial charge in [-0.25, -0.2) is 0 Å². The molecule has 0 aliphatic heterocycles. The second-order valence-electron chi connectivity index (χ2n) is 0. The molecule has 0 bridgehead atoms. The summed E-state index contributed by atoms with van der Waals surface area (Å²) >= 11 is 0. The van der Waals surface area contributed by atoms with Crippen LogP contribution in [0.25, 0.3) is 0 Å². The molecule has 6 nitrogen and oxygen atoms in total. The maximum Gasteiger partial charge on any atom is 2.00 e. The Bertz CT molecular complexity index is 104. The predicted octanol–water partition coefficient (Wildman–Crippen LogP) is -5.42. The fraction of sp³-hybridized carbons (Fsp3) is 0. The number of nitrogens with zero attached hydrogens (tertiary/aromatic N) is 6. The second kappa shape index (κ2) is 6610000. The zero-order chi connectivity index (χ0) is 12.0. The zero-order valence-electron chi connectivity index (χ0n) is 8.44. The fourth-order valence-electron chi connectivity index (χ4n) is 0. The molecule has 0 saturated heterocycles. The molecule has 0 N–H and O–H groups in total. The Morgan fingerprint density at radius 2 is 0.312 bits per heavy atom. The molecule has 2 radical (unpaired) electrons. The second-order valence-corrected chi connectivity index (χ2v) is 0. The Balaban J connectivity index is -0.00000000321. The summed E-state index contributed by atoms with van der Waals surface area (Å²) in [5.74, 6) is 0. The van der Waals surface area contributed by atoms with E-state index < -0.39 is 0 Å². The maximum absolute atomic E-state index is 6.25. The van der Waals surface area contributed by atoms with Crippen LogP contribution in [0.15, 0.2) is 0 Å². The van der Waals surface area contributed by atoms with E-state index in [1.54, 1.807) is 0 Å². The monoisotopic (exact) mass is 312 g/mol. The smallest absolute Gasteiger partial charge is 0.512 e. The van der Waals surface area contributed by atoms with Crippen LogP contribution in [0.5, 0.6) is 0 Å². The standard InChI is InChI=1S/6CN.2Mn.2Na/c6*1-2;;;;/q6*-1;2*+2;2*+1. The number of hydrogen-bond acceptors (Lipinski definition) is 6. The molecule has 0 unspecified atom stereocenters. The first-order valence-electron chi connectivity index (χ1n) is 1.34. The Morgan fingerprint density at radius 1 is 0.312 bits per heavy atom. The van der Waals surface area contributed by atoms with E-state index in [1.165, 1.54) is 0 Å². The van der Waals surface area contributed by atoms with Gasteiger partial charge < -0.3 is 71.0 Å². The molecule has 0 atom stereocenters. The van der Waals surface area contributed by atoms with Gasteiger partial charge in [0.25, 0.3) is 0 Å². The van der Waals surface area contributed by atoms with Crippen molar-refractivity contribution in [3.63, 3.8) is 0 Å². The summed E-state index contributed by atoms with van der Waals surface area (Å²) in [6.07, 6.45) is 0. The van der Waals surface area contributed by atoms with Gasteiger partial charge in [-0.2, -0.15) is 0 Å². The van der Waals surface area contributed by atoms with E-state index in [2.05, 4.69) is 0 Å². The quantitative estimate of drug-likeness (QED) is 0.322. The van der Waals surface area contributed by atoms with Gasteiger partial charge >= 0.3 is 93.3 Å². The summed E-state index contributed by atoms with van der Waals surface area (Å²) < 4.78 is 0. The van der Waals surface area contributed by atoms with Crippen molar-refractivity contribution in [2.75, 3.05) is 0 Å². The van der Waals surface area contributed by atoms with Gasteiger partial charge in [-0.1, -0.05) is 0 Å². The number of rotatable bonds is 0. The van der Waals surface area contributed by atoms with Crippen molar-refractivity contribution in [1.29, 1.82) is 31.6 Å². The molecule has 0 spiro atoms. The summed E-state index contributed by atoms with van der Waals surface area (Å²) in [6, 6.07) is 0. The molecular weight excluding hydrogens is 312 g/mol. The van der Waals surface area contributed by atoms with E-state index in [1.807, 2.05) is 0 Å². The first-order valence-corrected chi connectivity index (χ1v) is 1.34. The Hall–Kier alpha value is -0.0210. The van der Waals surface area contributed by atoms with Gasteiger partial charge in [-0.3, -0.25) is 0 Å². The minimum atomic E-state index is 0. The van der Waals surface area contributed by atoms with Gasteiger partial charge in [0.1, 0.15) is 0 Å². The van der Waals surface area contributed by atoms with Gasteiger partial charge in [0, 0.05) is 0 Å². The molecule has 0 aromatic carbocycles. The fourth-order valence-corrected chi connectivity index (χ4v) is 0. The van der Waals surface area contributed by atoms with Gasteiger partial charge in [0.2, 0.25) is 0 Å². The van der Waals surface area contributed by atoms with E-state index in [0.717, 1.165) is 0 Å². The van der Waals surface area contributed by atoms with Crippen LogP contribution < -0.4 is 59.1 Å².